The van der Waals surface area contributed by atoms with Crippen LogP contribution in [-0.4, -0.2) is 22.6 Å². The van der Waals surface area contributed by atoms with Gasteiger partial charge in [0.05, 0.1) is 11.4 Å². The van der Waals surface area contributed by atoms with E-state index < -0.39 is 5.60 Å². The van der Waals surface area contributed by atoms with Gasteiger partial charge in [0.25, 0.3) is 0 Å². The number of esters is 1. The molecular weight excluding hydrogens is 224 g/mol. The Morgan fingerprint density at radius 2 is 2.31 bits per heavy atom. The van der Waals surface area contributed by atoms with E-state index in [2.05, 4.69) is 4.98 Å². The third-order valence-electron chi connectivity index (χ3n) is 1.77. The van der Waals surface area contributed by atoms with Gasteiger partial charge in [0, 0.05) is 24.0 Å². The third kappa shape index (κ3) is 5.23. The van der Waals surface area contributed by atoms with Crippen LogP contribution >= 0.6 is 11.3 Å². The van der Waals surface area contributed by atoms with Crippen molar-refractivity contribution < 1.29 is 9.53 Å². The summed E-state index contributed by atoms with van der Waals surface area (Å²) in [6.07, 6.45) is 2.59. The highest BCUT2D eigenvalue weighted by molar-refractivity contribution is 7.09. The van der Waals surface area contributed by atoms with Gasteiger partial charge >= 0.3 is 5.97 Å². The van der Waals surface area contributed by atoms with Gasteiger partial charge < -0.3 is 10.5 Å². The Morgan fingerprint density at radius 3 is 2.81 bits per heavy atom. The van der Waals surface area contributed by atoms with E-state index in [1.807, 2.05) is 26.2 Å². The van der Waals surface area contributed by atoms with Gasteiger partial charge in [-0.2, -0.15) is 0 Å². The van der Waals surface area contributed by atoms with Gasteiger partial charge in [-0.15, -0.1) is 11.3 Å². The average Bonchev–Trinajstić information content (AvgIpc) is 2.51. The lowest BCUT2D eigenvalue weighted by atomic mass is 10.1. The summed E-state index contributed by atoms with van der Waals surface area (Å²) < 4.78 is 5.19. The molecule has 1 aromatic rings. The molecule has 0 saturated carbocycles. The van der Waals surface area contributed by atoms with Crippen LogP contribution < -0.4 is 5.73 Å². The van der Waals surface area contributed by atoms with E-state index in [-0.39, 0.29) is 18.4 Å². The van der Waals surface area contributed by atoms with Crippen LogP contribution in [0.1, 0.15) is 32.2 Å². The molecule has 16 heavy (non-hydrogen) atoms. The van der Waals surface area contributed by atoms with Crippen molar-refractivity contribution in [3.8, 4) is 0 Å². The second-order valence-electron chi connectivity index (χ2n) is 4.68. The molecule has 0 amide bonds. The summed E-state index contributed by atoms with van der Waals surface area (Å²) in [5.74, 6) is -0.253. The van der Waals surface area contributed by atoms with Crippen molar-refractivity contribution in [3.63, 3.8) is 0 Å². The maximum absolute atomic E-state index is 11.5. The molecule has 0 aliphatic heterocycles. The minimum Gasteiger partial charge on any atom is -0.460 e. The molecule has 0 aliphatic carbocycles. The van der Waals surface area contributed by atoms with Crippen LogP contribution in [0.5, 0.6) is 0 Å². The predicted molar refractivity (Wildman–Crippen MR) is 64.3 cm³/mol. The van der Waals surface area contributed by atoms with Gasteiger partial charge in [0.2, 0.25) is 0 Å². The summed E-state index contributed by atoms with van der Waals surface area (Å²) in [7, 11) is 0. The van der Waals surface area contributed by atoms with Gasteiger partial charge in [-0.05, 0) is 20.8 Å². The van der Waals surface area contributed by atoms with E-state index in [1.165, 1.54) is 0 Å². The molecular formula is C11H18N2O2S. The van der Waals surface area contributed by atoms with Crippen molar-refractivity contribution in [2.45, 2.75) is 45.3 Å². The number of aromatic nitrogens is 1. The summed E-state index contributed by atoms with van der Waals surface area (Å²) in [6.45, 7) is 5.53. The minimum atomic E-state index is -0.446. The molecule has 0 bridgehead atoms. The van der Waals surface area contributed by atoms with E-state index in [0.29, 0.717) is 6.42 Å². The van der Waals surface area contributed by atoms with Crippen molar-refractivity contribution in [1.29, 1.82) is 0 Å². The average molecular weight is 242 g/mol. The van der Waals surface area contributed by atoms with Crippen molar-refractivity contribution in [2.75, 3.05) is 0 Å². The van der Waals surface area contributed by atoms with Crippen LogP contribution in [0.25, 0.3) is 0 Å². The number of nitrogens with zero attached hydrogens (tertiary/aromatic N) is 1. The first-order valence-electron chi connectivity index (χ1n) is 5.22. The molecule has 0 saturated heterocycles. The Hall–Kier alpha value is -0.940. The number of thiazole rings is 1. The van der Waals surface area contributed by atoms with Crippen LogP contribution in [-0.2, 0) is 16.0 Å². The van der Waals surface area contributed by atoms with Crippen molar-refractivity contribution in [2.24, 2.45) is 5.73 Å². The zero-order valence-corrected chi connectivity index (χ0v) is 10.7. The maximum Gasteiger partial charge on any atom is 0.307 e. The second-order valence-corrected chi connectivity index (χ2v) is 5.66. The first-order chi connectivity index (χ1) is 7.37. The molecule has 0 aliphatic rings. The highest BCUT2D eigenvalue weighted by atomic mass is 32.1. The van der Waals surface area contributed by atoms with Crippen molar-refractivity contribution in [1.82, 2.24) is 4.98 Å². The zero-order chi connectivity index (χ0) is 12.2. The smallest absolute Gasteiger partial charge is 0.307 e. The molecule has 1 rings (SSSR count). The Labute approximate surface area is 99.8 Å². The molecule has 1 atom stereocenters. The zero-order valence-electron chi connectivity index (χ0n) is 9.90. The molecule has 2 N–H and O–H groups in total. The van der Waals surface area contributed by atoms with Gasteiger partial charge in [-0.3, -0.25) is 4.79 Å². The maximum atomic E-state index is 11.5. The quantitative estimate of drug-likeness (QED) is 0.817. The Kier molecular flexibility index (Phi) is 4.44. The van der Waals surface area contributed by atoms with E-state index in [9.17, 15) is 4.79 Å². The largest absolute Gasteiger partial charge is 0.460 e. The van der Waals surface area contributed by atoms with Gasteiger partial charge in [0.1, 0.15) is 5.60 Å². The van der Waals surface area contributed by atoms with Gasteiger partial charge in [0.15, 0.2) is 0 Å². The van der Waals surface area contributed by atoms with Gasteiger partial charge in [-0.1, -0.05) is 0 Å². The lowest BCUT2D eigenvalue weighted by Gasteiger charge is -2.20. The van der Waals surface area contributed by atoms with E-state index >= 15 is 0 Å². The first kappa shape index (κ1) is 13.1. The number of carbonyl (C=O) groups excluding carboxylic acids is 1. The Bertz CT molecular complexity index is 330. The molecule has 1 heterocycles. The number of ether oxygens (including phenoxy) is 1. The van der Waals surface area contributed by atoms with Gasteiger partial charge in [-0.25, -0.2) is 4.98 Å². The Balaban J connectivity index is 2.34. The van der Waals surface area contributed by atoms with Crippen LogP contribution in [0.15, 0.2) is 11.6 Å². The fourth-order valence-corrected chi connectivity index (χ4v) is 1.96. The lowest BCUT2D eigenvalue weighted by molar-refractivity contribution is -0.155. The minimum absolute atomic E-state index is 0.221. The number of carbonyl (C=O) groups is 1. The van der Waals surface area contributed by atoms with E-state index in [0.717, 1.165) is 5.01 Å². The number of rotatable bonds is 4. The highest BCUT2D eigenvalue weighted by Crippen LogP contribution is 2.11. The second kappa shape index (κ2) is 5.41. The fraction of sp³-hybridized carbons (Fsp3) is 0.636. The molecule has 90 valence electrons. The lowest BCUT2D eigenvalue weighted by Crippen LogP contribution is -2.31. The van der Waals surface area contributed by atoms with E-state index in [1.54, 1.807) is 17.5 Å². The summed E-state index contributed by atoms with van der Waals surface area (Å²) in [5.41, 5.74) is 5.40. The van der Waals surface area contributed by atoms with Crippen LogP contribution in [0, 0.1) is 0 Å². The molecule has 1 unspecified atom stereocenters. The predicted octanol–water partition coefficient (Wildman–Crippen LogP) is 1.74. The molecule has 5 heteroatoms. The highest BCUT2D eigenvalue weighted by Gasteiger charge is 2.19. The van der Waals surface area contributed by atoms with E-state index in [4.69, 9.17) is 10.5 Å². The number of hydrogen-bond donors (Lipinski definition) is 1. The fourth-order valence-electron chi connectivity index (χ4n) is 1.25. The molecule has 0 radical (unpaired) electrons. The topological polar surface area (TPSA) is 65.2 Å². The van der Waals surface area contributed by atoms with Crippen LogP contribution in [0.2, 0.25) is 0 Å². The summed E-state index contributed by atoms with van der Waals surface area (Å²) in [4.78, 5) is 15.6. The monoisotopic (exact) mass is 242 g/mol. The van der Waals surface area contributed by atoms with Crippen molar-refractivity contribution in [3.05, 3.63) is 16.6 Å². The molecule has 4 nitrogen and oxygen atoms in total. The summed E-state index contributed by atoms with van der Waals surface area (Å²) in [6, 6.07) is -0.221. The summed E-state index contributed by atoms with van der Waals surface area (Å²) >= 11 is 1.55. The molecule has 1 aromatic heterocycles. The normalized spacial score (nSPS) is 13.5. The molecule has 0 spiro atoms. The van der Waals surface area contributed by atoms with Crippen LogP contribution in [0.3, 0.4) is 0 Å². The Morgan fingerprint density at radius 1 is 1.62 bits per heavy atom. The summed E-state index contributed by atoms with van der Waals surface area (Å²) in [5, 5.41) is 2.85. The van der Waals surface area contributed by atoms with Crippen molar-refractivity contribution >= 4 is 17.3 Å². The third-order valence-corrected chi connectivity index (χ3v) is 2.57. The molecule has 0 aromatic carbocycles. The standard InChI is InChI=1S/C11H18N2O2S/c1-11(2,3)15-10(14)7-8(12)6-9-13-4-5-16-9/h4-5,8H,6-7,12H2,1-3H3. The number of nitrogens with two attached hydrogens (primary N) is 1. The molecule has 0 fully saturated rings. The SMILES string of the molecule is CC(C)(C)OC(=O)CC(N)Cc1nccs1. The number of hydrogen-bond acceptors (Lipinski definition) is 5. The van der Waals surface area contributed by atoms with Crippen LogP contribution in [0.4, 0.5) is 0 Å². The first-order valence-corrected chi connectivity index (χ1v) is 6.10.